The minimum atomic E-state index is -0.504. The second-order valence-electron chi connectivity index (χ2n) is 4.74. The highest BCUT2D eigenvalue weighted by Crippen LogP contribution is 2.40. The van der Waals surface area contributed by atoms with E-state index in [9.17, 15) is 4.79 Å². The van der Waals surface area contributed by atoms with E-state index in [-0.39, 0.29) is 5.70 Å². The summed E-state index contributed by atoms with van der Waals surface area (Å²) in [5.41, 5.74) is 0.835. The number of thiophene rings is 1. The Morgan fingerprint density at radius 1 is 1.08 bits per heavy atom. The number of carbonyl (C=O) groups excluding carboxylic acids is 1. The van der Waals surface area contributed by atoms with Gasteiger partial charge in [-0.2, -0.15) is 0 Å². The van der Waals surface area contributed by atoms with Crippen LogP contribution in [0.15, 0.2) is 40.3 Å². The molecule has 124 valence electrons. The van der Waals surface area contributed by atoms with E-state index >= 15 is 0 Å². The van der Waals surface area contributed by atoms with Crippen molar-refractivity contribution in [2.24, 2.45) is 4.99 Å². The number of hydrogen-bond donors (Lipinski definition) is 0. The Labute approximate surface area is 142 Å². The molecule has 0 atom stereocenters. The van der Waals surface area contributed by atoms with Crippen LogP contribution >= 0.6 is 11.3 Å². The van der Waals surface area contributed by atoms with Crippen molar-refractivity contribution in [1.82, 2.24) is 0 Å². The molecule has 1 aliphatic rings. The number of cyclic esters (lactones) is 1. The second-order valence-corrected chi connectivity index (χ2v) is 5.68. The van der Waals surface area contributed by atoms with Gasteiger partial charge in [-0.25, -0.2) is 9.79 Å². The smallest absolute Gasteiger partial charge is 0.363 e. The first-order valence-electron chi connectivity index (χ1n) is 7.03. The van der Waals surface area contributed by atoms with Crippen molar-refractivity contribution < 1.29 is 23.7 Å². The number of aliphatic imine (C=N–C) groups is 1. The summed E-state index contributed by atoms with van der Waals surface area (Å²) < 4.78 is 21.2. The van der Waals surface area contributed by atoms with Gasteiger partial charge in [0.1, 0.15) is 0 Å². The van der Waals surface area contributed by atoms with Gasteiger partial charge in [0.2, 0.25) is 11.6 Å². The lowest BCUT2D eigenvalue weighted by Crippen LogP contribution is -2.03. The zero-order valence-corrected chi connectivity index (χ0v) is 14.2. The topological polar surface area (TPSA) is 66.4 Å². The van der Waals surface area contributed by atoms with Gasteiger partial charge in [0.05, 0.1) is 26.2 Å². The molecule has 6 nitrogen and oxygen atoms in total. The highest BCUT2D eigenvalue weighted by atomic mass is 32.1. The van der Waals surface area contributed by atoms with Gasteiger partial charge >= 0.3 is 5.97 Å². The molecule has 0 aliphatic carbocycles. The van der Waals surface area contributed by atoms with E-state index < -0.39 is 5.97 Å². The van der Waals surface area contributed by atoms with Crippen LogP contribution in [-0.4, -0.2) is 33.2 Å². The average Bonchev–Trinajstić information content (AvgIpc) is 3.24. The van der Waals surface area contributed by atoms with Crippen molar-refractivity contribution in [1.29, 1.82) is 0 Å². The first-order valence-corrected chi connectivity index (χ1v) is 7.91. The van der Waals surface area contributed by atoms with E-state index in [4.69, 9.17) is 18.9 Å². The monoisotopic (exact) mass is 345 g/mol. The third-order valence-corrected chi connectivity index (χ3v) is 4.24. The fourth-order valence-corrected chi connectivity index (χ4v) is 2.95. The van der Waals surface area contributed by atoms with Crippen LogP contribution in [0.2, 0.25) is 0 Å². The van der Waals surface area contributed by atoms with Gasteiger partial charge in [0.15, 0.2) is 17.2 Å². The van der Waals surface area contributed by atoms with Crippen molar-refractivity contribution in [3.63, 3.8) is 0 Å². The zero-order chi connectivity index (χ0) is 17.1. The zero-order valence-electron chi connectivity index (χ0n) is 13.4. The first kappa shape index (κ1) is 16.1. The summed E-state index contributed by atoms with van der Waals surface area (Å²) in [5, 5.41) is 1.89. The largest absolute Gasteiger partial charge is 0.493 e. The van der Waals surface area contributed by atoms with E-state index in [2.05, 4.69) is 4.99 Å². The van der Waals surface area contributed by atoms with Crippen molar-refractivity contribution in [2.75, 3.05) is 21.3 Å². The first-order chi connectivity index (χ1) is 11.7. The minimum absolute atomic E-state index is 0.198. The van der Waals surface area contributed by atoms with Crippen molar-refractivity contribution in [3.8, 4) is 17.2 Å². The van der Waals surface area contributed by atoms with Crippen LogP contribution in [0.3, 0.4) is 0 Å². The summed E-state index contributed by atoms with van der Waals surface area (Å²) in [6.45, 7) is 0. The number of hydrogen-bond acceptors (Lipinski definition) is 7. The Bertz CT molecular complexity index is 824. The number of esters is 1. The molecular weight excluding hydrogens is 330 g/mol. The molecular formula is C17H15NO5S. The molecule has 0 fully saturated rings. The lowest BCUT2D eigenvalue weighted by atomic mass is 10.1. The van der Waals surface area contributed by atoms with E-state index in [1.807, 2.05) is 17.5 Å². The molecule has 0 spiro atoms. The maximum Gasteiger partial charge on any atom is 0.363 e. The van der Waals surface area contributed by atoms with Gasteiger partial charge < -0.3 is 18.9 Å². The lowest BCUT2D eigenvalue weighted by molar-refractivity contribution is -0.129. The summed E-state index contributed by atoms with van der Waals surface area (Å²) in [6.07, 6.45) is 1.60. The summed E-state index contributed by atoms with van der Waals surface area (Å²) in [6, 6.07) is 7.21. The summed E-state index contributed by atoms with van der Waals surface area (Å²) in [4.78, 5) is 17.1. The molecule has 2 heterocycles. The lowest BCUT2D eigenvalue weighted by Gasteiger charge is -2.14. The molecule has 0 bridgehead atoms. The predicted octanol–water partition coefficient (Wildman–Crippen LogP) is 3.12. The van der Waals surface area contributed by atoms with Crippen LogP contribution in [0.25, 0.3) is 6.08 Å². The van der Waals surface area contributed by atoms with Gasteiger partial charge in [-0.15, -0.1) is 11.3 Å². The third-order valence-electron chi connectivity index (χ3n) is 3.38. The molecule has 0 radical (unpaired) electrons. The molecule has 1 aromatic carbocycles. The highest BCUT2D eigenvalue weighted by molar-refractivity contribution is 7.12. The van der Waals surface area contributed by atoms with Gasteiger partial charge in [0, 0.05) is 5.56 Å². The van der Waals surface area contributed by atoms with Crippen LogP contribution in [0.4, 0.5) is 0 Å². The van der Waals surface area contributed by atoms with Gasteiger partial charge in [0.25, 0.3) is 0 Å². The SMILES string of the molecule is COc1ccc(/C=C2\N=C(c3cccs3)OC2=O)c(OC)c1OC. The molecule has 24 heavy (non-hydrogen) atoms. The van der Waals surface area contributed by atoms with E-state index in [1.165, 1.54) is 25.6 Å². The number of methoxy groups -OCH3 is 3. The molecule has 1 aromatic heterocycles. The second kappa shape index (κ2) is 6.76. The molecule has 0 saturated heterocycles. The number of benzene rings is 1. The molecule has 0 amide bonds. The summed E-state index contributed by atoms with van der Waals surface area (Å²) in [7, 11) is 4.59. The molecule has 7 heteroatoms. The molecule has 0 N–H and O–H groups in total. The number of nitrogens with zero attached hydrogens (tertiary/aromatic N) is 1. The van der Waals surface area contributed by atoms with E-state index in [0.717, 1.165) is 4.88 Å². The van der Waals surface area contributed by atoms with Crippen molar-refractivity contribution in [2.45, 2.75) is 0 Å². The standard InChI is InChI=1S/C17H15NO5S/c1-20-12-7-6-10(14(21-2)15(12)22-3)9-11-17(19)23-16(18-11)13-5-4-8-24-13/h4-9H,1-3H3/b11-9-. The Hall–Kier alpha value is -2.80. The predicted molar refractivity (Wildman–Crippen MR) is 91.0 cm³/mol. The normalized spacial score (nSPS) is 15.2. The Balaban J connectivity index is 2.03. The van der Waals surface area contributed by atoms with Crippen LogP contribution in [0.1, 0.15) is 10.4 Å². The fourth-order valence-electron chi connectivity index (χ4n) is 2.30. The maximum absolute atomic E-state index is 12.1. The molecule has 0 saturated carbocycles. The summed E-state index contributed by atoms with van der Waals surface area (Å²) in [5.74, 6) is 1.24. The highest BCUT2D eigenvalue weighted by Gasteiger charge is 2.25. The Morgan fingerprint density at radius 3 is 2.50 bits per heavy atom. The van der Waals surface area contributed by atoms with E-state index in [1.54, 1.807) is 25.3 Å². The van der Waals surface area contributed by atoms with Crippen molar-refractivity contribution in [3.05, 3.63) is 45.8 Å². The number of ether oxygens (including phenoxy) is 4. The number of carbonyl (C=O) groups is 1. The summed E-state index contributed by atoms with van der Waals surface area (Å²) >= 11 is 1.45. The Morgan fingerprint density at radius 2 is 1.88 bits per heavy atom. The molecule has 3 rings (SSSR count). The van der Waals surface area contributed by atoms with Crippen LogP contribution in [0, 0.1) is 0 Å². The van der Waals surface area contributed by atoms with Crippen LogP contribution < -0.4 is 14.2 Å². The average molecular weight is 345 g/mol. The van der Waals surface area contributed by atoms with Gasteiger partial charge in [-0.1, -0.05) is 6.07 Å². The maximum atomic E-state index is 12.1. The molecule has 0 unspecified atom stereocenters. The quantitative estimate of drug-likeness (QED) is 0.615. The molecule has 1 aliphatic heterocycles. The van der Waals surface area contributed by atoms with Crippen LogP contribution in [0.5, 0.6) is 17.2 Å². The van der Waals surface area contributed by atoms with Gasteiger partial charge in [-0.3, -0.25) is 0 Å². The third kappa shape index (κ3) is 2.85. The Kier molecular flexibility index (Phi) is 4.52. The molecule has 2 aromatic rings. The fraction of sp³-hybridized carbons (Fsp3) is 0.176. The van der Waals surface area contributed by atoms with Gasteiger partial charge in [-0.05, 0) is 29.7 Å². The number of rotatable bonds is 5. The van der Waals surface area contributed by atoms with Crippen molar-refractivity contribution >= 4 is 29.3 Å². The van der Waals surface area contributed by atoms with Crippen LogP contribution in [-0.2, 0) is 9.53 Å². The van der Waals surface area contributed by atoms with E-state index in [0.29, 0.717) is 28.7 Å². The minimum Gasteiger partial charge on any atom is -0.493 e.